The van der Waals surface area contributed by atoms with Crippen LogP contribution in [-0.4, -0.2) is 48.2 Å². The fourth-order valence-corrected chi connectivity index (χ4v) is 3.27. The van der Waals surface area contributed by atoms with Gasteiger partial charge in [-0.25, -0.2) is 8.42 Å². The molecule has 0 amide bonds. The Morgan fingerprint density at radius 2 is 1.59 bits per heavy atom. The second-order valence-electron chi connectivity index (χ2n) is 4.27. The van der Waals surface area contributed by atoms with E-state index in [9.17, 15) is 18.6 Å². The zero-order chi connectivity index (χ0) is 12.6. The summed E-state index contributed by atoms with van der Waals surface area (Å²) in [5.41, 5.74) is 0.977. The molecule has 1 fully saturated rings. The van der Waals surface area contributed by atoms with Crippen molar-refractivity contribution in [1.82, 2.24) is 4.31 Å². The molecule has 94 valence electrons. The number of rotatable bonds is 2. The maximum atomic E-state index is 12.1. The Labute approximate surface area is 100 Å². The highest BCUT2D eigenvalue weighted by Gasteiger charge is 2.37. The Bertz CT molecular complexity index is 487. The molecule has 2 N–H and O–H groups in total. The zero-order valence-electron chi connectivity index (χ0n) is 9.44. The van der Waals surface area contributed by atoms with Gasteiger partial charge in [0.05, 0.1) is 17.1 Å². The van der Waals surface area contributed by atoms with E-state index in [1.54, 1.807) is 12.1 Å². The molecule has 5 nitrogen and oxygen atoms in total. The summed E-state index contributed by atoms with van der Waals surface area (Å²) in [5.74, 6) is 0. The molecule has 17 heavy (non-hydrogen) atoms. The van der Waals surface area contributed by atoms with Gasteiger partial charge in [-0.05, 0) is 19.1 Å². The minimum atomic E-state index is -3.61. The van der Waals surface area contributed by atoms with E-state index in [0.29, 0.717) is 0 Å². The molecular weight excluding hydrogens is 242 g/mol. The van der Waals surface area contributed by atoms with Gasteiger partial charge in [-0.1, -0.05) is 17.7 Å². The molecule has 0 aliphatic carbocycles. The number of aliphatic hydroxyl groups is 2. The molecule has 2 rings (SSSR count). The molecule has 2 unspecified atom stereocenters. The van der Waals surface area contributed by atoms with Gasteiger partial charge in [-0.3, -0.25) is 0 Å². The summed E-state index contributed by atoms with van der Waals surface area (Å²) in [6.07, 6.45) is -2.01. The second kappa shape index (κ2) is 4.38. The first-order valence-corrected chi connectivity index (χ1v) is 6.78. The standard InChI is InChI=1S/C11H15NO4S/c1-8-2-4-9(5-3-8)17(15,16)12-6-10(13)11(14)7-12/h2-5,10-11,13-14H,6-7H2,1H3. The van der Waals surface area contributed by atoms with Crippen LogP contribution < -0.4 is 0 Å². The molecule has 0 bridgehead atoms. The van der Waals surface area contributed by atoms with E-state index in [-0.39, 0.29) is 18.0 Å². The Balaban J connectivity index is 2.28. The highest BCUT2D eigenvalue weighted by atomic mass is 32.2. The molecule has 1 aliphatic rings. The van der Waals surface area contributed by atoms with E-state index in [1.807, 2.05) is 6.92 Å². The number of nitrogens with zero attached hydrogens (tertiary/aromatic N) is 1. The van der Waals surface area contributed by atoms with Crippen LogP contribution in [0.1, 0.15) is 5.56 Å². The summed E-state index contributed by atoms with van der Waals surface area (Å²) in [7, 11) is -3.61. The fraction of sp³-hybridized carbons (Fsp3) is 0.455. The number of hydrogen-bond donors (Lipinski definition) is 2. The molecule has 2 atom stereocenters. The maximum Gasteiger partial charge on any atom is 0.243 e. The monoisotopic (exact) mass is 257 g/mol. The van der Waals surface area contributed by atoms with Crippen molar-refractivity contribution in [2.75, 3.05) is 13.1 Å². The average Bonchev–Trinajstić information content (AvgIpc) is 2.60. The number of hydrogen-bond acceptors (Lipinski definition) is 4. The molecular formula is C11H15NO4S. The van der Waals surface area contributed by atoms with E-state index in [2.05, 4.69) is 0 Å². The van der Waals surface area contributed by atoms with Gasteiger partial charge in [0, 0.05) is 13.1 Å². The normalized spacial score (nSPS) is 26.3. The van der Waals surface area contributed by atoms with Crippen molar-refractivity contribution in [3.05, 3.63) is 29.8 Å². The molecule has 1 saturated heterocycles. The van der Waals surface area contributed by atoms with Crippen molar-refractivity contribution in [3.63, 3.8) is 0 Å². The number of β-amino-alcohol motifs (C(OH)–C–C–N with tert-alkyl or cyclic N) is 2. The summed E-state index contributed by atoms with van der Waals surface area (Å²) in [4.78, 5) is 0.185. The second-order valence-corrected chi connectivity index (χ2v) is 6.21. The summed E-state index contributed by atoms with van der Waals surface area (Å²) in [5, 5.41) is 18.7. The van der Waals surface area contributed by atoms with Crippen LogP contribution in [0.25, 0.3) is 0 Å². The lowest BCUT2D eigenvalue weighted by Crippen LogP contribution is -2.29. The van der Waals surface area contributed by atoms with Gasteiger partial charge < -0.3 is 10.2 Å². The van der Waals surface area contributed by atoms with Crippen LogP contribution in [0, 0.1) is 6.92 Å². The highest BCUT2D eigenvalue weighted by molar-refractivity contribution is 7.89. The predicted octanol–water partition coefficient (Wildman–Crippen LogP) is -0.279. The topological polar surface area (TPSA) is 77.8 Å². The Hall–Kier alpha value is -0.950. The van der Waals surface area contributed by atoms with Gasteiger partial charge in [0.2, 0.25) is 10.0 Å². The molecule has 0 spiro atoms. The van der Waals surface area contributed by atoms with Crippen LogP contribution in [0.15, 0.2) is 29.2 Å². The SMILES string of the molecule is Cc1ccc(S(=O)(=O)N2CC(O)C(O)C2)cc1. The number of aliphatic hydroxyl groups excluding tert-OH is 2. The van der Waals surface area contributed by atoms with Crippen LogP contribution in [0.5, 0.6) is 0 Å². The molecule has 1 aliphatic heterocycles. The van der Waals surface area contributed by atoms with Gasteiger partial charge in [0.25, 0.3) is 0 Å². The third kappa shape index (κ3) is 2.35. The predicted molar refractivity (Wildman–Crippen MR) is 62.0 cm³/mol. The van der Waals surface area contributed by atoms with Crippen molar-refractivity contribution in [3.8, 4) is 0 Å². The minimum absolute atomic E-state index is 0.0582. The third-order valence-corrected chi connectivity index (χ3v) is 4.73. The van der Waals surface area contributed by atoms with Crippen molar-refractivity contribution in [2.45, 2.75) is 24.0 Å². The van der Waals surface area contributed by atoms with Crippen LogP contribution in [0.3, 0.4) is 0 Å². The first-order chi connectivity index (χ1) is 7.91. The molecule has 6 heteroatoms. The smallest absolute Gasteiger partial charge is 0.243 e. The molecule has 0 aromatic heterocycles. The third-order valence-electron chi connectivity index (χ3n) is 2.88. The van der Waals surface area contributed by atoms with Crippen LogP contribution in [0.4, 0.5) is 0 Å². The maximum absolute atomic E-state index is 12.1. The van der Waals surface area contributed by atoms with E-state index in [0.717, 1.165) is 9.87 Å². The van der Waals surface area contributed by atoms with Crippen molar-refractivity contribution >= 4 is 10.0 Å². The van der Waals surface area contributed by atoms with Crippen molar-refractivity contribution < 1.29 is 18.6 Å². The van der Waals surface area contributed by atoms with Gasteiger partial charge >= 0.3 is 0 Å². The van der Waals surface area contributed by atoms with Crippen LogP contribution >= 0.6 is 0 Å². The Morgan fingerprint density at radius 1 is 1.12 bits per heavy atom. The summed E-state index contributed by atoms with van der Waals surface area (Å²) in [6, 6.07) is 6.50. The van der Waals surface area contributed by atoms with Gasteiger partial charge in [-0.15, -0.1) is 0 Å². The quantitative estimate of drug-likeness (QED) is 0.764. The number of sulfonamides is 1. The van der Waals surface area contributed by atoms with E-state index in [4.69, 9.17) is 0 Å². The van der Waals surface area contributed by atoms with Crippen molar-refractivity contribution in [2.24, 2.45) is 0 Å². The van der Waals surface area contributed by atoms with Gasteiger partial charge in [0.15, 0.2) is 0 Å². The van der Waals surface area contributed by atoms with E-state index >= 15 is 0 Å². The lowest BCUT2D eigenvalue weighted by Gasteiger charge is -2.15. The Kier molecular flexibility index (Phi) is 3.22. The lowest BCUT2D eigenvalue weighted by molar-refractivity contribution is 0.0572. The van der Waals surface area contributed by atoms with Crippen molar-refractivity contribution in [1.29, 1.82) is 0 Å². The lowest BCUT2D eigenvalue weighted by atomic mass is 10.2. The molecule has 1 aromatic rings. The van der Waals surface area contributed by atoms with Gasteiger partial charge in [-0.2, -0.15) is 4.31 Å². The van der Waals surface area contributed by atoms with Crippen LogP contribution in [0.2, 0.25) is 0 Å². The summed E-state index contributed by atoms with van der Waals surface area (Å²) >= 11 is 0. The van der Waals surface area contributed by atoms with Crippen LogP contribution in [-0.2, 0) is 10.0 Å². The molecule has 1 heterocycles. The first kappa shape index (κ1) is 12.5. The molecule has 0 radical (unpaired) electrons. The van der Waals surface area contributed by atoms with E-state index < -0.39 is 22.2 Å². The van der Waals surface area contributed by atoms with Gasteiger partial charge in [0.1, 0.15) is 0 Å². The number of benzene rings is 1. The highest BCUT2D eigenvalue weighted by Crippen LogP contribution is 2.21. The van der Waals surface area contributed by atoms with E-state index in [1.165, 1.54) is 12.1 Å². The summed E-state index contributed by atoms with van der Waals surface area (Å²) in [6.45, 7) is 1.76. The zero-order valence-corrected chi connectivity index (χ0v) is 10.3. The average molecular weight is 257 g/mol. The first-order valence-electron chi connectivity index (χ1n) is 5.34. The minimum Gasteiger partial charge on any atom is -0.389 e. The Morgan fingerprint density at radius 3 is 2.06 bits per heavy atom. The summed E-state index contributed by atoms with van der Waals surface area (Å²) < 4.78 is 25.4. The molecule has 1 aromatic carbocycles. The largest absolute Gasteiger partial charge is 0.389 e. The molecule has 0 saturated carbocycles. The number of aryl methyl sites for hydroxylation is 1. The fourth-order valence-electron chi connectivity index (χ4n) is 1.79.